The molecule has 3 rings (SSSR count). The first-order valence-electron chi connectivity index (χ1n) is 8.53. The molecule has 0 bridgehead atoms. The van der Waals surface area contributed by atoms with Gasteiger partial charge in [-0.1, -0.05) is 42.5 Å². The number of hydrogen-bond donors (Lipinski definition) is 2. The van der Waals surface area contributed by atoms with Crippen LogP contribution in [-0.4, -0.2) is 37.6 Å². The van der Waals surface area contributed by atoms with E-state index in [1.165, 1.54) is 7.11 Å². The third-order valence-corrected chi connectivity index (χ3v) is 4.30. The molecular formula is C20H22N2O4. The molecule has 1 amide bonds. The summed E-state index contributed by atoms with van der Waals surface area (Å²) in [4.78, 5) is 23.6. The van der Waals surface area contributed by atoms with Crippen molar-refractivity contribution in [2.24, 2.45) is 0 Å². The van der Waals surface area contributed by atoms with E-state index in [0.29, 0.717) is 19.6 Å². The molecule has 1 aliphatic heterocycles. The maximum absolute atomic E-state index is 12.1. The summed E-state index contributed by atoms with van der Waals surface area (Å²) in [5.74, 6) is 0.143. The molecule has 6 heteroatoms. The first-order chi connectivity index (χ1) is 12.7. The van der Waals surface area contributed by atoms with Gasteiger partial charge in [0.05, 0.1) is 13.2 Å². The average molecular weight is 354 g/mol. The summed E-state index contributed by atoms with van der Waals surface area (Å²) in [5, 5.41) is 5.79. The summed E-state index contributed by atoms with van der Waals surface area (Å²) in [6, 6.07) is 16.7. The minimum absolute atomic E-state index is 0.198. The van der Waals surface area contributed by atoms with Crippen molar-refractivity contribution in [3.8, 4) is 5.75 Å². The van der Waals surface area contributed by atoms with Crippen LogP contribution in [0.2, 0.25) is 0 Å². The molecule has 0 saturated carbocycles. The Hall–Kier alpha value is -2.86. The average Bonchev–Trinajstić information content (AvgIpc) is 2.69. The molecule has 2 aromatic rings. The smallest absolute Gasteiger partial charge is 0.329 e. The molecule has 0 aromatic heterocycles. The second-order valence-electron chi connectivity index (χ2n) is 6.17. The van der Waals surface area contributed by atoms with Crippen molar-refractivity contribution in [1.29, 1.82) is 0 Å². The number of carbonyl (C=O) groups is 2. The van der Waals surface area contributed by atoms with Crippen LogP contribution in [0.1, 0.15) is 11.1 Å². The van der Waals surface area contributed by atoms with Gasteiger partial charge in [0.25, 0.3) is 0 Å². The highest BCUT2D eigenvalue weighted by Gasteiger charge is 2.31. The van der Waals surface area contributed by atoms with E-state index in [1.54, 1.807) is 0 Å². The van der Waals surface area contributed by atoms with Crippen molar-refractivity contribution >= 4 is 11.9 Å². The number of ether oxygens (including phenoxy) is 2. The zero-order valence-corrected chi connectivity index (χ0v) is 14.6. The van der Waals surface area contributed by atoms with Crippen LogP contribution in [0.4, 0.5) is 0 Å². The Bertz CT molecular complexity index is 746. The van der Waals surface area contributed by atoms with Crippen LogP contribution in [0.15, 0.2) is 54.6 Å². The van der Waals surface area contributed by atoms with Crippen LogP contribution in [-0.2, 0) is 27.4 Å². The molecule has 1 aliphatic rings. The van der Waals surface area contributed by atoms with Gasteiger partial charge in [0.1, 0.15) is 18.4 Å². The number of carbonyl (C=O) groups excluding carboxylic acids is 2. The molecule has 1 saturated heterocycles. The van der Waals surface area contributed by atoms with Crippen molar-refractivity contribution < 1.29 is 19.1 Å². The van der Waals surface area contributed by atoms with Crippen molar-refractivity contribution in [2.45, 2.75) is 25.1 Å². The van der Waals surface area contributed by atoms with Gasteiger partial charge in [0, 0.05) is 6.54 Å². The Morgan fingerprint density at radius 1 is 1.08 bits per heavy atom. The number of methoxy groups -OCH3 is 1. The van der Waals surface area contributed by atoms with Crippen LogP contribution in [0.5, 0.6) is 5.75 Å². The number of nitrogens with one attached hydrogen (secondary N) is 2. The van der Waals surface area contributed by atoms with Crippen LogP contribution in [0.3, 0.4) is 0 Å². The Balaban J connectivity index is 1.51. The fourth-order valence-electron chi connectivity index (χ4n) is 2.82. The van der Waals surface area contributed by atoms with E-state index in [0.717, 1.165) is 16.9 Å². The van der Waals surface area contributed by atoms with Gasteiger partial charge in [-0.05, 0) is 29.7 Å². The Kier molecular flexibility index (Phi) is 5.86. The van der Waals surface area contributed by atoms with E-state index in [-0.39, 0.29) is 11.9 Å². The van der Waals surface area contributed by atoms with Crippen LogP contribution in [0.25, 0.3) is 0 Å². The molecule has 0 aliphatic carbocycles. The van der Waals surface area contributed by atoms with Gasteiger partial charge in [0.2, 0.25) is 5.91 Å². The molecule has 1 heterocycles. The van der Waals surface area contributed by atoms with Crippen molar-refractivity contribution in [2.75, 3.05) is 13.7 Å². The quantitative estimate of drug-likeness (QED) is 0.768. The third kappa shape index (κ3) is 4.61. The molecule has 26 heavy (non-hydrogen) atoms. The Morgan fingerprint density at radius 2 is 1.81 bits per heavy atom. The summed E-state index contributed by atoms with van der Waals surface area (Å²) in [6.45, 7) is 0.878. The first kappa shape index (κ1) is 17.9. The highest BCUT2D eigenvalue weighted by atomic mass is 16.5. The van der Waals surface area contributed by atoms with E-state index in [4.69, 9.17) is 4.74 Å². The Labute approximate surface area is 152 Å². The molecule has 136 valence electrons. The maximum Gasteiger partial charge on any atom is 0.329 e. The van der Waals surface area contributed by atoms with Gasteiger partial charge >= 0.3 is 5.97 Å². The van der Waals surface area contributed by atoms with E-state index >= 15 is 0 Å². The highest BCUT2D eigenvalue weighted by molar-refractivity contribution is 5.89. The summed E-state index contributed by atoms with van der Waals surface area (Å²) in [6.07, 6.45) is 0.540. The van der Waals surface area contributed by atoms with Gasteiger partial charge in [-0.25, -0.2) is 4.79 Å². The number of rotatable bonds is 6. The van der Waals surface area contributed by atoms with E-state index in [1.807, 2.05) is 54.6 Å². The highest BCUT2D eigenvalue weighted by Crippen LogP contribution is 2.16. The lowest BCUT2D eigenvalue weighted by molar-refractivity contribution is -0.146. The fourth-order valence-corrected chi connectivity index (χ4v) is 2.82. The molecule has 2 N–H and O–H groups in total. The van der Waals surface area contributed by atoms with Gasteiger partial charge in [-0.2, -0.15) is 0 Å². The van der Waals surface area contributed by atoms with Gasteiger partial charge in [0.15, 0.2) is 0 Å². The Morgan fingerprint density at radius 3 is 2.46 bits per heavy atom. The van der Waals surface area contributed by atoms with Crippen LogP contribution >= 0.6 is 0 Å². The predicted molar refractivity (Wildman–Crippen MR) is 96.7 cm³/mol. The second kappa shape index (κ2) is 8.49. The lowest BCUT2D eigenvalue weighted by Gasteiger charge is -2.28. The predicted octanol–water partition coefficient (Wildman–Crippen LogP) is 1.44. The molecule has 2 aromatic carbocycles. The summed E-state index contributed by atoms with van der Waals surface area (Å²) in [5.41, 5.74) is 2.13. The SMILES string of the molecule is COC(=O)[C@H]1CN[C@H](Cc2ccc(OCc3ccccc3)cc2)C(=O)N1. The number of hydrogen-bond acceptors (Lipinski definition) is 5. The van der Waals surface area contributed by atoms with Crippen molar-refractivity contribution in [3.05, 3.63) is 65.7 Å². The monoisotopic (exact) mass is 354 g/mol. The molecule has 0 unspecified atom stereocenters. The van der Waals surface area contributed by atoms with Crippen LogP contribution < -0.4 is 15.4 Å². The van der Waals surface area contributed by atoms with Gasteiger partial charge in [-0.3, -0.25) is 4.79 Å². The summed E-state index contributed by atoms with van der Waals surface area (Å²) < 4.78 is 10.4. The van der Waals surface area contributed by atoms with Crippen molar-refractivity contribution in [3.63, 3.8) is 0 Å². The molecule has 0 spiro atoms. The number of esters is 1. The molecule has 0 radical (unpaired) electrons. The normalized spacial score (nSPS) is 19.5. The third-order valence-electron chi connectivity index (χ3n) is 4.30. The van der Waals surface area contributed by atoms with Gasteiger partial charge in [-0.15, -0.1) is 0 Å². The standard InChI is InChI=1S/C20H22N2O4/c1-25-20(24)18-12-21-17(19(23)22-18)11-14-7-9-16(10-8-14)26-13-15-5-3-2-4-6-15/h2-10,17-18,21H,11-13H2,1H3,(H,22,23)/t17-,18-/m1/s1. The zero-order valence-electron chi connectivity index (χ0n) is 14.6. The zero-order chi connectivity index (χ0) is 18.4. The van der Waals surface area contributed by atoms with Crippen LogP contribution in [0, 0.1) is 0 Å². The lowest BCUT2D eigenvalue weighted by Crippen LogP contribution is -2.61. The van der Waals surface area contributed by atoms with Gasteiger partial charge < -0.3 is 20.1 Å². The van der Waals surface area contributed by atoms with Crippen molar-refractivity contribution in [1.82, 2.24) is 10.6 Å². The lowest BCUT2D eigenvalue weighted by atomic mass is 10.0. The summed E-state index contributed by atoms with van der Waals surface area (Å²) >= 11 is 0. The maximum atomic E-state index is 12.1. The first-order valence-corrected chi connectivity index (χ1v) is 8.53. The van der Waals surface area contributed by atoms with E-state index in [2.05, 4.69) is 15.4 Å². The number of benzene rings is 2. The minimum atomic E-state index is -0.627. The van der Waals surface area contributed by atoms with E-state index in [9.17, 15) is 9.59 Å². The molecule has 2 atom stereocenters. The fraction of sp³-hybridized carbons (Fsp3) is 0.300. The second-order valence-corrected chi connectivity index (χ2v) is 6.17. The topological polar surface area (TPSA) is 76.7 Å². The molecular weight excluding hydrogens is 332 g/mol. The van der Waals surface area contributed by atoms with E-state index < -0.39 is 12.0 Å². The molecule has 1 fully saturated rings. The number of piperazine rings is 1. The minimum Gasteiger partial charge on any atom is -0.489 e. The number of amides is 1. The molecule has 6 nitrogen and oxygen atoms in total. The summed E-state index contributed by atoms with van der Waals surface area (Å²) in [7, 11) is 1.31. The largest absolute Gasteiger partial charge is 0.489 e.